The zero-order chi connectivity index (χ0) is 6.24. The Kier molecular flexibility index (Phi) is 15.3. The molecule has 0 atom stereocenters. The van der Waals surface area contributed by atoms with E-state index < -0.39 is 0 Å². The molecule has 0 aliphatic heterocycles. The van der Waals surface area contributed by atoms with Crippen LogP contribution in [0, 0.1) is 6.07 Å². The van der Waals surface area contributed by atoms with Crippen molar-refractivity contribution in [3.05, 3.63) is 36.4 Å². The molecular weight excluding hydrogens is 147 g/mol. The van der Waals surface area contributed by atoms with E-state index in [1.54, 1.807) is 0 Å². The van der Waals surface area contributed by atoms with Crippen molar-refractivity contribution in [2.24, 2.45) is 0 Å². The van der Waals surface area contributed by atoms with Gasteiger partial charge in [0.1, 0.15) is 0 Å². The molecule has 1 N–H and O–H groups in total. The van der Waals surface area contributed by atoms with Crippen LogP contribution < -0.4 is 29.6 Å². The molecule has 3 heteroatoms. The van der Waals surface area contributed by atoms with Crippen molar-refractivity contribution < 1.29 is 34.2 Å². The number of hydrogen-bond donors (Lipinski definition) is 1. The Morgan fingerprint density at radius 1 is 1.00 bits per heavy atom. The zero-order valence-electron chi connectivity index (χ0n) is 5.21. The van der Waals surface area contributed by atoms with Gasteiger partial charge in [-0.25, -0.2) is 0 Å². The predicted molar refractivity (Wildman–Crippen MR) is 33.3 cm³/mol. The van der Waals surface area contributed by atoms with E-state index in [4.69, 9.17) is 4.66 Å². The molecule has 0 bridgehead atoms. The van der Waals surface area contributed by atoms with E-state index in [2.05, 4.69) is 17.9 Å². The molecule has 0 unspecified atom stereocenters. The van der Waals surface area contributed by atoms with Gasteiger partial charge in [-0.2, -0.15) is 36.4 Å². The van der Waals surface area contributed by atoms with Crippen molar-refractivity contribution >= 4 is 11.9 Å². The van der Waals surface area contributed by atoms with Gasteiger partial charge in [0, 0.05) is 0 Å². The molecule has 0 aromatic heterocycles. The third-order valence-electron chi connectivity index (χ3n) is 0.607. The summed E-state index contributed by atoms with van der Waals surface area (Å²) in [6, 6.07) is 12.5. The first-order valence-electron chi connectivity index (χ1n) is 2.08. The van der Waals surface area contributed by atoms with Crippen LogP contribution in [-0.4, -0.2) is 4.66 Å². The molecule has 0 aliphatic rings. The summed E-state index contributed by atoms with van der Waals surface area (Å²) >= 11 is 3.64. The maximum Gasteiger partial charge on any atom is 1.00 e. The average molecular weight is 153 g/mol. The summed E-state index contributed by atoms with van der Waals surface area (Å²) in [5.74, 6) is 0. The fraction of sp³-hybridized carbons (Fsp3) is 0. The van der Waals surface area contributed by atoms with E-state index in [-0.39, 0.29) is 29.6 Å². The van der Waals surface area contributed by atoms with Crippen LogP contribution in [0.15, 0.2) is 30.3 Å². The van der Waals surface area contributed by atoms with Crippen LogP contribution in [0.1, 0.15) is 0 Å². The zero-order valence-corrected chi connectivity index (χ0v) is 7.97. The van der Waals surface area contributed by atoms with Gasteiger partial charge < -0.3 is 0 Å². The van der Waals surface area contributed by atoms with Crippen molar-refractivity contribution in [3.63, 3.8) is 0 Å². The monoisotopic (exact) mass is 152 g/mol. The molecule has 0 saturated carbocycles. The molecule has 0 radical (unpaired) electrons. The van der Waals surface area contributed by atoms with Crippen molar-refractivity contribution in [1.29, 1.82) is 0 Å². The standard InChI is InChI=1S/C6H5.ClHO.Na/c1-2-4-6-5-3-1;1-2;/h1-5H;2H;/q-1;;+1. The second-order valence-corrected chi connectivity index (χ2v) is 1.08. The molecular formula is C6H6ClNaO. The minimum atomic E-state index is 0. The number of halogens is 1. The molecule has 0 fully saturated rings. The summed E-state index contributed by atoms with van der Waals surface area (Å²) in [5, 5.41) is 0. The van der Waals surface area contributed by atoms with Crippen molar-refractivity contribution in [3.8, 4) is 0 Å². The van der Waals surface area contributed by atoms with E-state index in [1.807, 2.05) is 30.3 Å². The first kappa shape index (κ1) is 12.2. The smallest absolute Gasteiger partial charge is 0.295 e. The second kappa shape index (κ2) is 11.3. The molecule has 0 aliphatic carbocycles. The topological polar surface area (TPSA) is 20.2 Å². The molecule has 9 heavy (non-hydrogen) atoms. The van der Waals surface area contributed by atoms with Crippen LogP contribution >= 0.6 is 11.9 Å². The van der Waals surface area contributed by atoms with Crippen molar-refractivity contribution in [2.45, 2.75) is 0 Å². The third kappa shape index (κ3) is 8.47. The van der Waals surface area contributed by atoms with E-state index in [9.17, 15) is 0 Å². The summed E-state index contributed by atoms with van der Waals surface area (Å²) < 4.78 is 6.47. The minimum Gasteiger partial charge on any atom is -0.295 e. The Labute approximate surface area is 82.1 Å². The van der Waals surface area contributed by atoms with E-state index in [0.717, 1.165) is 0 Å². The fourth-order valence-corrected chi connectivity index (χ4v) is 0.342. The SMILES string of the molecule is OCl.[Na+].[c-]1ccccc1. The second-order valence-electron chi connectivity index (χ2n) is 1.08. The molecule has 0 heterocycles. The van der Waals surface area contributed by atoms with Crippen LogP contribution in [0.4, 0.5) is 0 Å². The van der Waals surface area contributed by atoms with E-state index in [1.165, 1.54) is 0 Å². The minimum absolute atomic E-state index is 0. The normalized spacial score (nSPS) is 6.00. The number of hydrogen-bond acceptors (Lipinski definition) is 1. The van der Waals surface area contributed by atoms with Gasteiger partial charge in [-0.05, 0) is 0 Å². The maximum atomic E-state index is 6.47. The molecule has 44 valence electrons. The Morgan fingerprint density at radius 2 is 1.44 bits per heavy atom. The summed E-state index contributed by atoms with van der Waals surface area (Å²) in [5.41, 5.74) is 0. The van der Waals surface area contributed by atoms with Crippen LogP contribution in [-0.2, 0) is 0 Å². The average Bonchev–Trinajstić information content (AvgIpc) is 1.96. The number of rotatable bonds is 0. The van der Waals surface area contributed by atoms with Gasteiger partial charge in [0.05, 0.1) is 11.9 Å². The number of benzene rings is 1. The Balaban J connectivity index is 0. The fourth-order valence-electron chi connectivity index (χ4n) is 0.342. The van der Waals surface area contributed by atoms with E-state index >= 15 is 0 Å². The molecule has 0 spiro atoms. The first-order valence-corrected chi connectivity index (χ1v) is 2.42. The largest absolute Gasteiger partial charge is 1.00 e. The Bertz CT molecular complexity index is 85.0. The maximum absolute atomic E-state index is 6.47. The van der Waals surface area contributed by atoms with Crippen LogP contribution in [0.25, 0.3) is 0 Å². The van der Waals surface area contributed by atoms with Gasteiger partial charge in [-0.1, -0.05) is 0 Å². The van der Waals surface area contributed by atoms with Crippen molar-refractivity contribution in [2.75, 3.05) is 0 Å². The van der Waals surface area contributed by atoms with Crippen LogP contribution in [0.2, 0.25) is 0 Å². The molecule has 1 nitrogen and oxygen atoms in total. The summed E-state index contributed by atoms with van der Waals surface area (Å²) in [6.07, 6.45) is 0. The quantitative estimate of drug-likeness (QED) is 0.359. The van der Waals surface area contributed by atoms with E-state index in [0.29, 0.717) is 0 Å². The predicted octanol–water partition coefficient (Wildman–Crippen LogP) is -1.38. The van der Waals surface area contributed by atoms with Crippen LogP contribution in [0.3, 0.4) is 0 Å². The molecule has 1 rings (SSSR count). The molecule has 0 saturated heterocycles. The summed E-state index contributed by atoms with van der Waals surface area (Å²) in [4.78, 5) is 0. The van der Waals surface area contributed by atoms with Gasteiger partial charge >= 0.3 is 29.6 Å². The molecule has 1 aromatic rings. The first-order chi connectivity index (χ1) is 4.00. The van der Waals surface area contributed by atoms with Gasteiger partial charge in [-0.3, -0.25) is 4.66 Å². The Hall–Kier alpha value is 0.470. The summed E-state index contributed by atoms with van der Waals surface area (Å²) in [7, 11) is 0. The molecule has 0 amide bonds. The van der Waals surface area contributed by atoms with Gasteiger partial charge in [0.15, 0.2) is 0 Å². The van der Waals surface area contributed by atoms with Gasteiger partial charge in [0.25, 0.3) is 0 Å². The van der Waals surface area contributed by atoms with Gasteiger partial charge in [0.2, 0.25) is 0 Å². The van der Waals surface area contributed by atoms with Crippen molar-refractivity contribution in [1.82, 2.24) is 0 Å². The van der Waals surface area contributed by atoms with Gasteiger partial charge in [-0.15, -0.1) is 0 Å². The van der Waals surface area contributed by atoms with Crippen LogP contribution in [0.5, 0.6) is 0 Å². The third-order valence-corrected chi connectivity index (χ3v) is 0.607. The Morgan fingerprint density at radius 3 is 1.56 bits per heavy atom. The summed E-state index contributed by atoms with van der Waals surface area (Å²) in [6.45, 7) is 0. The molecule has 1 aromatic carbocycles.